The molecule has 0 atom stereocenters. The van der Waals surface area contributed by atoms with Gasteiger partial charge in [-0.1, -0.05) is 54.0 Å². The number of allylic oxidation sites excluding steroid dienone is 1. The first-order chi connectivity index (χ1) is 9.49. The predicted octanol–water partition coefficient (Wildman–Crippen LogP) is 7.12. The number of thiol groups is 1. The van der Waals surface area contributed by atoms with Crippen molar-refractivity contribution in [1.82, 2.24) is 0 Å². The monoisotopic (exact) mass is 340 g/mol. The van der Waals surface area contributed by atoms with Crippen LogP contribution < -0.4 is 0 Å². The van der Waals surface area contributed by atoms with Crippen molar-refractivity contribution in [2.24, 2.45) is 5.92 Å². The van der Waals surface area contributed by atoms with Crippen molar-refractivity contribution in [2.45, 2.75) is 59.5 Å². The van der Waals surface area contributed by atoms with Crippen LogP contribution in [0.2, 0.25) is 0 Å². The molecular formula is C17H40S3. The lowest BCUT2D eigenvalue weighted by Crippen LogP contribution is -1.81. The molecule has 0 aliphatic heterocycles. The first-order valence-corrected chi connectivity index (χ1v) is 10.4. The van der Waals surface area contributed by atoms with E-state index >= 15 is 0 Å². The molecule has 0 nitrogen and oxygen atoms in total. The number of terminal acetylenes is 1. The van der Waals surface area contributed by atoms with Crippen LogP contribution in [0.4, 0.5) is 0 Å². The molecule has 126 valence electrons. The van der Waals surface area contributed by atoms with E-state index in [1.165, 1.54) is 6.42 Å². The summed E-state index contributed by atoms with van der Waals surface area (Å²) in [5, 5.41) is 0. The molecule has 0 spiro atoms. The van der Waals surface area contributed by atoms with Crippen LogP contribution in [-0.4, -0.2) is 23.3 Å². The van der Waals surface area contributed by atoms with Gasteiger partial charge in [0.25, 0.3) is 0 Å². The Morgan fingerprint density at radius 2 is 1.15 bits per heavy atom. The predicted molar refractivity (Wildman–Crippen MR) is 114 cm³/mol. The molecule has 0 amide bonds. The van der Waals surface area contributed by atoms with Crippen molar-refractivity contribution >= 4 is 36.2 Å². The second-order valence-corrected chi connectivity index (χ2v) is 5.88. The standard InChI is InChI=1S/C5H10.C4H10S2.C3H8.C2H6.C2H2.CH4S/c1-4-5(2)3;1-4(5-2)6-3;1-3-2;3*1-2/h4-5H,1H2,2-3H3;4H,1-3H3;3H2,1-2H3;1-2H3;1-2H;2H,1H3. The number of hydrogen-bond acceptors (Lipinski definition) is 3. The van der Waals surface area contributed by atoms with E-state index in [1.807, 2.05) is 43.4 Å². The van der Waals surface area contributed by atoms with E-state index in [-0.39, 0.29) is 0 Å². The van der Waals surface area contributed by atoms with Gasteiger partial charge in [-0.15, -0.1) is 19.4 Å². The second-order valence-electron chi connectivity index (χ2n) is 3.23. The fourth-order valence-electron chi connectivity index (χ4n) is 0.0962. The summed E-state index contributed by atoms with van der Waals surface area (Å²) >= 11 is 7.30. The molecule has 0 unspecified atom stereocenters. The number of hydrogen-bond donors (Lipinski definition) is 1. The zero-order valence-electron chi connectivity index (χ0n) is 15.6. The summed E-state index contributed by atoms with van der Waals surface area (Å²) in [7, 11) is 0. The van der Waals surface area contributed by atoms with Crippen LogP contribution in [-0.2, 0) is 0 Å². The smallest absolute Gasteiger partial charge is 0.0468 e. The Bertz CT molecular complexity index is 117. The van der Waals surface area contributed by atoms with Crippen LogP contribution in [0.3, 0.4) is 0 Å². The topological polar surface area (TPSA) is 0 Å². The molecule has 0 aromatic rings. The van der Waals surface area contributed by atoms with Gasteiger partial charge in [0.15, 0.2) is 0 Å². The Labute approximate surface area is 145 Å². The minimum atomic E-state index is 0.648. The fourth-order valence-corrected chi connectivity index (χ4v) is 0.866. The average Bonchev–Trinajstić information content (AvgIpc) is 2.53. The van der Waals surface area contributed by atoms with Gasteiger partial charge in [0.2, 0.25) is 0 Å². The summed E-state index contributed by atoms with van der Waals surface area (Å²) in [6.45, 7) is 18.2. The largest absolute Gasteiger partial charge is 0.183 e. The first kappa shape index (κ1) is 37.0. The SMILES string of the molecule is C#C.C=CC(C)C.CC.CCC.CS.CSC(C)SC. The molecule has 3 heteroatoms. The Morgan fingerprint density at radius 3 is 1.15 bits per heavy atom. The third-order valence-corrected chi connectivity index (χ3v) is 3.62. The molecule has 0 aliphatic rings. The van der Waals surface area contributed by atoms with Gasteiger partial charge in [0.1, 0.15) is 0 Å². The van der Waals surface area contributed by atoms with Crippen LogP contribution in [0, 0.1) is 18.8 Å². The molecule has 0 aliphatic carbocycles. The van der Waals surface area contributed by atoms with Crippen molar-refractivity contribution in [3.05, 3.63) is 12.7 Å². The highest BCUT2D eigenvalue weighted by Gasteiger charge is 1.89. The molecule has 0 rings (SSSR count). The number of thioether (sulfide) groups is 2. The summed E-state index contributed by atoms with van der Waals surface area (Å²) < 4.78 is 0.769. The molecule has 0 fully saturated rings. The normalized spacial score (nSPS) is 6.75. The van der Waals surface area contributed by atoms with Gasteiger partial charge in [0, 0.05) is 4.58 Å². The van der Waals surface area contributed by atoms with E-state index in [1.54, 1.807) is 6.26 Å². The summed E-state index contributed by atoms with van der Waals surface area (Å²) in [4.78, 5) is 0. The lowest BCUT2D eigenvalue weighted by atomic mass is 10.2. The highest BCUT2D eigenvalue weighted by Crippen LogP contribution is 2.15. The van der Waals surface area contributed by atoms with Gasteiger partial charge in [-0.3, -0.25) is 0 Å². The minimum Gasteiger partial charge on any atom is -0.183 e. The summed E-state index contributed by atoms with van der Waals surface area (Å²) in [5.41, 5.74) is 0. The minimum absolute atomic E-state index is 0.648. The Hall–Kier alpha value is 0.350. The molecule has 0 heterocycles. The van der Waals surface area contributed by atoms with Gasteiger partial charge in [-0.05, 0) is 31.6 Å². The van der Waals surface area contributed by atoms with Crippen molar-refractivity contribution in [1.29, 1.82) is 0 Å². The van der Waals surface area contributed by atoms with Gasteiger partial charge >= 0.3 is 0 Å². The van der Waals surface area contributed by atoms with E-state index < -0.39 is 0 Å². The molecule has 0 aromatic carbocycles. The molecule has 0 aromatic heterocycles. The number of rotatable bonds is 3. The molecule has 0 N–H and O–H groups in total. The summed E-state index contributed by atoms with van der Waals surface area (Å²) in [6.07, 6.45) is 17.1. The highest BCUT2D eigenvalue weighted by molar-refractivity contribution is 8.16. The Balaban J connectivity index is -0.0000000318. The molecular weight excluding hydrogens is 300 g/mol. The lowest BCUT2D eigenvalue weighted by molar-refractivity contribution is 0.835. The van der Waals surface area contributed by atoms with E-state index in [9.17, 15) is 0 Å². The third-order valence-electron chi connectivity index (χ3n) is 1.14. The average molecular weight is 341 g/mol. The lowest BCUT2D eigenvalue weighted by Gasteiger charge is -1.98. The Kier molecular flexibility index (Phi) is 113. The first-order valence-electron chi connectivity index (χ1n) is 6.96. The van der Waals surface area contributed by atoms with E-state index in [4.69, 9.17) is 0 Å². The quantitative estimate of drug-likeness (QED) is 0.251. The summed E-state index contributed by atoms with van der Waals surface area (Å²) in [5.74, 6) is 0.648. The van der Waals surface area contributed by atoms with Gasteiger partial charge < -0.3 is 0 Å². The highest BCUT2D eigenvalue weighted by atomic mass is 32.2. The van der Waals surface area contributed by atoms with Crippen molar-refractivity contribution < 1.29 is 0 Å². The van der Waals surface area contributed by atoms with Crippen molar-refractivity contribution in [3.8, 4) is 12.8 Å². The van der Waals surface area contributed by atoms with Crippen LogP contribution in [0.15, 0.2) is 12.7 Å². The van der Waals surface area contributed by atoms with Crippen LogP contribution in [0.25, 0.3) is 0 Å². The third kappa shape index (κ3) is 137. The Morgan fingerprint density at radius 1 is 1.00 bits per heavy atom. The molecule has 0 radical (unpaired) electrons. The molecule has 0 saturated carbocycles. The van der Waals surface area contributed by atoms with E-state index in [0.717, 1.165) is 4.58 Å². The maximum absolute atomic E-state index is 4.00. The molecule has 0 saturated heterocycles. The van der Waals surface area contributed by atoms with Crippen molar-refractivity contribution in [3.63, 3.8) is 0 Å². The van der Waals surface area contributed by atoms with E-state index in [2.05, 4.69) is 79.2 Å². The molecule has 0 bridgehead atoms. The van der Waals surface area contributed by atoms with Crippen LogP contribution >= 0.6 is 36.2 Å². The molecule has 20 heavy (non-hydrogen) atoms. The van der Waals surface area contributed by atoms with Gasteiger partial charge in [-0.2, -0.15) is 36.2 Å². The maximum Gasteiger partial charge on any atom is 0.0468 e. The second kappa shape index (κ2) is 60.8. The maximum atomic E-state index is 4.00. The van der Waals surface area contributed by atoms with E-state index in [0.29, 0.717) is 5.92 Å². The summed E-state index contributed by atoms with van der Waals surface area (Å²) in [6, 6.07) is 0. The van der Waals surface area contributed by atoms with Gasteiger partial charge in [-0.25, -0.2) is 0 Å². The zero-order valence-corrected chi connectivity index (χ0v) is 18.1. The van der Waals surface area contributed by atoms with Crippen molar-refractivity contribution in [2.75, 3.05) is 18.8 Å². The van der Waals surface area contributed by atoms with Crippen LogP contribution in [0.5, 0.6) is 0 Å². The fraction of sp³-hybridized carbons (Fsp3) is 0.765. The van der Waals surface area contributed by atoms with Gasteiger partial charge in [0.05, 0.1) is 0 Å². The van der Waals surface area contributed by atoms with Crippen LogP contribution in [0.1, 0.15) is 54.9 Å². The zero-order chi connectivity index (χ0) is 18.0.